The summed E-state index contributed by atoms with van der Waals surface area (Å²) in [4.78, 5) is 13.6. The van der Waals surface area contributed by atoms with Gasteiger partial charge in [0.2, 0.25) is 0 Å². The first kappa shape index (κ1) is 20.2. The van der Waals surface area contributed by atoms with Crippen LogP contribution in [0.15, 0.2) is 53.6 Å². The molecule has 1 aromatic rings. The van der Waals surface area contributed by atoms with Crippen molar-refractivity contribution in [2.45, 2.75) is 66.2 Å². The van der Waals surface area contributed by atoms with Crippen LogP contribution in [-0.2, 0) is 4.79 Å². The number of allylic oxidation sites excluding steroid dienone is 4. The quantitative estimate of drug-likeness (QED) is 0.550. The average molecular weight is 442 g/mol. The van der Waals surface area contributed by atoms with Crippen molar-refractivity contribution < 1.29 is 4.79 Å². The van der Waals surface area contributed by atoms with E-state index in [-0.39, 0.29) is 25.8 Å². The first-order valence-corrected chi connectivity index (χ1v) is 12.7. The van der Waals surface area contributed by atoms with Crippen molar-refractivity contribution >= 4 is 24.1 Å². The first-order chi connectivity index (χ1) is 13.3. The van der Waals surface area contributed by atoms with Crippen LogP contribution in [0.3, 0.4) is 0 Å². The first-order valence-electron chi connectivity index (χ1n) is 11.0. The number of carbonyl (C=O) groups is 1. The van der Waals surface area contributed by atoms with Crippen LogP contribution >= 0.6 is 0 Å². The minimum absolute atomic E-state index is 0.0739. The molecule has 1 fully saturated rings. The summed E-state index contributed by atoms with van der Waals surface area (Å²) in [5.41, 5.74) is 3.32. The van der Waals surface area contributed by atoms with Gasteiger partial charge in [0.15, 0.2) is 0 Å². The molecule has 0 saturated heterocycles. The molecule has 3 aliphatic rings. The van der Waals surface area contributed by atoms with Crippen molar-refractivity contribution in [2.75, 3.05) is 0 Å². The van der Waals surface area contributed by atoms with Gasteiger partial charge in [-0.1, -0.05) is 0 Å². The van der Waals surface area contributed by atoms with Crippen molar-refractivity contribution in [3.63, 3.8) is 0 Å². The molecular formula is C26H34OSe. The van der Waals surface area contributed by atoms with Crippen LogP contribution in [0.4, 0.5) is 0 Å². The van der Waals surface area contributed by atoms with Crippen LogP contribution in [0.5, 0.6) is 0 Å². The third-order valence-electron chi connectivity index (χ3n) is 8.00. The Balaban J connectivity index is 1.64. The molecule has 0 aliphatic heterocycles. The Hall–Kier alpha value is -1.11. The molecule has 0 N–H and O–H groups in total. The van der Waals surface area contributed by atoms with E-state index in [0.717, 1.165) is 12.8 Å². The van der Waals surface area contributed by atoms with Gasteiger partial charge < -0.3 is 0 Å². The summed E-state index contributed by atoms with van der Waals surface area (Å²) in [5.74, 6) is 1.79. The van der Waals surface area contributed by atoms with E-state index >= 15 is 0 Å². The zero-order valence-electron chi connectivity index (χ0n) is 17.8. The Kier molecular flexibility index (Phi) is 5.49. The van der Waals surface area contributed by atoms with Gasteiger partial charge in [-0.2, -0.15) is 0 Å². The Labute approximate surface area is 177 Å². The van der Waals surface area contributed by atoms with E-state index in [1.165, 1.54) is 30.1 Å². The Morgan fingerprint density at radius 2 is 1.89 bits per heavy atom. The molecule has 0 spiro atoms. The van der Waals surface area contributed by atoms with Gasteiger partial charge >= 0.3 is 177 Å². The van der Waals surface area contributed by atoms with Crippen LogP contribution in [0.1, 0.15) is 66.2 Å². The second-order valence-corrected chi connectivity index (χ2v) is 12.1. The van der Waals surface area contributed by atoms with Crippen molar-refractivity contribution in [2.24, 2.45) is 28.6 Å². The van der Waals surface area contributed by atoms with Gasteiger partial charge in [-0.15, -0.1) is 0 Å². The van der Waals surface area contributed by atoms with E-state index in [9.17, 15) is 4.79 Å². The summed E-state index contributed by atoms with van der Waals surface area (Å²) in [7, 11) is 0. The van der Waals surface area contributed by atoms with Gasteiger partial charge in [0.05, 0.1) is 0 Å². The van der Waals surface area contributed by atoms with E-state index in [0.29, 0.717) is 22.4 Å². The molecule has 4 unspecified atom stereocenters. The molecule has 4 atom stereocenters. The predicted molar refractivity (Wildman–Crippen MR) is 119 cm³/mol. The molecule has 3 aliphatic carbocycles. The van der Waals surface area contributed by atoms with Crippen LogP contribution in [0, 0.1) is 28.6 Å². The van der Waals surface area contributed by atoms with Crippen molar-refractivity contribution in [3.8, 4) is 0 Å². The molecule has 0 amide bonds. The van der Waals surface area contributed by atoms with Crippen LogP contribution in [0.25, 0.3) is 0 Å². The molecule has 1 saturated carbocycles. The number of rotatable bonds is 4. The van der Waals surface area contributed by atoms with Gasteiger partial charge in [-0.3, -0.25) is 0 Å². The van der Waals surface area contributed by atoms with Gasteiger partial charge in [0.1, 0.15) is 0 Å². The van der Waals surface area contributed by atoms with Gasteiger partial charge in [-0.05, 0) is 0 Å². The summed E-state index contributed by atoms with van der Waals surface area (Å²) < 4.78 is 1.75. The molecule has 4 rings (SSSR count). The van der Waals surface area contributed by atoms with Crippen LogP contribution < -0.4 is 4.46 Å². The number of carbonyl (C=O) groups excluding carboxylic acids is 1. The summed E-state index contributed by atoms with van der Waals surface area (Å²) >= 11 is -0.0739. The molecule has 0 radical (unpaired) electrons. The topological polar surface area (TPSA) is 17.1 Å². The van der Waals surface area contributed by atoms with Gasteiger partial charge in [-0.25, -0.2) is 0 Å². The number of benzene rings is 1. The Morgan fingerprint density at radius 3 is 2.61 bits per heavy atom. The summed E-state index contributed by atoms with van der Waals surface area (Å²) in [6.45, 7) is 9.47. The minimum atomic E-state index is -0.160. The molecule has 0 aromatic heterocycles. The monoisotopic (exact) mass is 442 g/mol. The van der Waals surface area contributed by atoms with Crippen molar-refractivity contribution in [1.29, 1.82) is 0 Å². The molecule has 0 heterocycles. The van der Waals surface area contributed by atoms with Crippen molar-refractivity contribution in [1.82, 2.24) is 0 Å². The van der Waals surface area contributed by atoms with E-state index < -0.39 is 0 Å². The molecule has 1 aromatic carbocycles. The number of hydrogen-bond donors (Lipinski definition) is 0. The van der Waals surface area contributed by atoms with Crippen molar-refractivity contribution in [3.05, 3.63) is 53.6 Å². The van der Waals surface area contributed by atoms with E-state index in [1.807, 2.05) is 6.07 Å². The normalized spacial score (nSPS) is 34.9. The summed E-state index contributed by atoms with van der Waals surface area (Å²) in [6, 6.07) is 10.4. The molecule has 150 valence electrons. The number of fused-ring (bicyclic) bond motifs is 3. The molecule has 0 bridgehead atoms. The maximum atomic E-state index is 13.6. The van der Waals surface area contributed by atoms with E-state index in [1.54, 1.807) is 11.1 Å². The summed E-state index contributed by atoms with van der Waals surface area (Å²) in [5, 5.41) is 0. The predicted octanol–water partition coefficient (Wildman–Crippen LogP) is 5.68. The van der Waals surface area contributed by atoms with Gasteiger partial charge in [0, 0.05) is 0 Å². The third kappa shape index (κ3) is 3.37. The molecule has 28 heavy (non-hydrogen) atoms. The number of hydrogen-bond acceptors (Lipinski definition) is 1. The zero-order valence-corrected chi connectivity index (χ0v) is 19.5. The fourth-order valence-electron chi connectivity index (χ4n) is 6.30. The second-order valence-electron chi connectivity index (χ2n) is 9.94. The fraction of sp³-hybridized carbons (Fsp3) is 0.577. The third-order valence-corrected chi connectivity index (χ3v) is 10.4. The zero-order chi connectivity index (χ0) is 19.9. The SMILES string of the molecule is CC(C)C1=CC2=CCC3C(C)(C(=O)[Se]c4ccccc4)CCCC3(C)C2CC1. The molecule has 2 heteroatoms. The molecule has 1 nitrogen and oxygen atoms in total. The second kappa shape index (κ2) is 7.62. The Bertz CT molecular complexity index is 805. The maximum absolute atomic E-state index is 13.6. The van der Waals surface area contributed by atoms with E-state index in [2.05, 4.69) is 64.1 Å². The van der Waals surface area contributed by atoms with E-state index in [4.69, 9.17) is 0 Å². The fourth-order valence-corrected chi connectivity index (χ4v) is 8.37. The standard InChI is InChI=1S/C26H34OSe/c1-18(2)19-11-13-22-20(17-19)12-14-23-25(22,3)15-8-16-26(23,4)24(27)28-21-9-6-5-7-10-21/h5-7,9-10,12,17-18,22-23H,8,11,13-16H2,1-4H3. The van der Waals surface area contributed by atoms with Crippen LogP contribution in [0.2, 0.25) is 0 Å². The Morgan fingerprint density at radius 1 is 1.14 bits per heavy atom. The molecular weight excluding hydrogens is 407 g/mol. The average Bonchev–Trinajstić information content (AvgIpc) is 2.68. The van der Waals surface area contributed by atoms with Crippen LogP contribution in [-0.4, -0.2) is 19.6 Å². The summed E-state index contributed by atoms with van der Waals surface area (Å²) in [6.07, 6.45) is 12.2. The van der Waals surface area contributed by atoms with Gasteiger partial charge in [0.25, 0.3) is 0 Å².